The summed E-state index contributed by atoms with van der Waals surface area (Å²) in [5, 5.41) is 2.03. The molecule has 0 aliphatic carbocycles. The third-order valence-electron chi connectivity index (χ3n) is 2.77. The van der Waals surface area contributed by atoms with E-state index in [1.165, 1.54) is 4.88 Å². The van der Waals surface area contributed by atoms with Crippen molar-refractivity contribution in [3.63, 3.8) is 0 Å². The Morgan fingerprint density at radius 2 is 2.31 bits per heavy atom. The SMILES string of the molecule is NCCCS(=O)(=O)N1CCc2sccc2C1. The number of hydrogen-bond donors (Lipinski definition) is 1. The predicted octanol–water partition coefficient (Wildman–Crippen LogP) is 0.785. The van der Waals surface area contributed by atoms with Gasteiger partial charge in [0.15, 0.2) is 0 Å². The molecule has 0 fully saturated rings. The van der Waals surface area contributed by atoms with Crippen molar-refractivity contribution in [1.29, 1.82) is 0 Å². The summed E-state index contributed by atoms with van der Waals surface area (Å²) in [6.45, 7) is 1.57. The second-order valence-electron chi connectivity index (χ2n) is 3.91. The van der Waals surface area contributed by atoms with Crippen molar-refractivity contribution in [3.05, 3.63) is 21.9 Å². The zero-order valence-corrected chi connectivity index (χ0v) is 10.7. The molecule has 2 heterocycles. The van der Waals surface area contributed by atoms with E-state index in [-0.39, 0.29) is 5.75 Å². The molecule has 1 aliphatic rings. The van der Waals surface area contributed by atoms with E-state index in [0.29, 0.717) is 26.1 Å². The van der Waals surface area contributed by atoms with Gasteiger partial charge in [-0.25, -0.2) is 8.42 Å². The Labute approximate surface area is 100 Å². The molecule has 0 spiro atoms. The van der Waals surface area contributed by atoms with Crippen LogP contribution in [-0.4, -0.2) is 31.6 Å². The van der Waals surface area contributed by atoms with Gasteiger partial charge in [-0.3, -0.25) is 0 Å². The largest absolute Gasteiger partial charge is 0.330 e. The van der Waals surface area contributed by atoms with Crippen LogP contribution in [0.25, 0.3) is 0 Å². The number of sulfonamides is 1. The molecule has 0 atom stereocenters. The Balaban J connectivity index is 2.08. The topological polar surface area (TPSA) is 63.4 Å². The molecule has 0 aromatic carbocycles. The smallest absolute Gasteiger partial charge is 0.214 e. The van der Waals surface area contributed by atoms with Crippen LogP contribution in [0, 0.1) is 0 Å². The maximum Gasteiger partial charge on any atom is 0.214 e. The van der Waals surface area contributed by atoms with Crippen molar-refractivity contribution in [3.8, 4) is 0 Å². The molecule has 0 amide bonds. The van der Waals surface area contributed by atoms with Crippen LogP contribution in [0.2, 0.25) is 0 Å². The summed E-state index contributed by atoms with van der Waals surface area (Å²) in [7, 11) is -3.11. The zero-order chi connectivity index (χ0) is 11.6. The van der Waals surface area contributed by atoms with Crippen LogP contribution in [0.1, 0.15) is 16.9 Å². The van der Waals surface area contributed by atoms with Crippen molar-refractivity contribution >= 4 is 21.4 Å². The van der Waals surface area contributed by atoms with Gasteiger partial charge in [-0.15, -0.1) is 11.3 Å². The van der Waals surface area contributed by atoms with Crippen LogP contribution < -0.4 is 5.73 Å². The van der Waals surface area contributed by atoms with Gasteiger partial charge >= 0.3 is 0 Å². The van der Waals surface area contributed by atoms with Crippen molar-refractivity contribution in [2.75, 3.05) is 18.8 Å². The van der Waals surface area contributed by atoms with Gasteiger partial charge in [-0.1, -0.05) is 0 Å². The monoisotopic (exact) mass is 260 g/mol. The molecule has 0 bridgehead atoms. The molecule has 2 rings (SSSR count). The van der Waals surface area contributed by atoms with Gasteiger partial charge in [0.05, 0.1) is 5.75 Å². The molecule has 6 heteroatoms. The van der Waals surface area contributed by atoms with Crippen LogP contribution in [0.4, 0.5) is 0 Å². The van der Waals surface area contributed by atoms with E-state index in [9.17, 15) is 8.42 Å². The molecule has 1 aliphatic heterocycles. The van der Waals surface area contributed by atoms with E-state index in [1.807, 2.05) is 11.4 Å². The lowest BCUT2D eigenvalue weighted by Crippen LogP contribution is -2.37. The Hall–Kier alpha value is -0.430. The molecule has 0 radical (unpaired) electrons. The first-order chi connectivity index (χ1) is 7.63. The summed E-state index contributed by atoms with van der Waals surface area (Å²) in [6, 6.07) is 2.02. The highest BCUT2D eigenvalue weighted by Crippen LogP contribution is 2.25. The standard InChI is InChI=1S/C10H16N2O2S2/c11-4-1-7-16(13,14)12-5-2-10-9(8-12)3-6-15-10/h3,6H,1-2,4-5,7-8,11H2. The molecule has 0 saturated heterocycles. The first kappa shape index (κ1) is 12.0. The first-order valence-electron chi connectivity index (χ1n) is 5.36. The highest BCUT2D eigenvalue weighted by molar-refractivity contribution is 7.89. The van der Waals surface area contributed by atoms with Crippen molar-refractivity contribution in [2.24, 2.45) is 5.73 Å². The van der Waals surface area contributed by atoms with Crippen LogP contribution in [0.3, 0.4) is 0 Å². The van der Waals surface area contributed by atoms with Crippen LogP contribution >= 0.6 is 11.3 Å². The second kappa shape index (κ2) is 4.83. The fourth-order valence-electron chi connectivity index (χ4n) is 1.85. The number of rotatable bonds is 4. The molecule has 90 valence electrons. The van der Waals surface area contributed by atoms with E-state index >= 15 is 0 Å². The average molecular weight is 260 g/mol. The number of thiophene rings is 1. The fourth-order valence-corrected chi connectivity index (χ4v) is 4.24. The summed E-state index contributed by atoms with van der Waals surface area (Å²) in [6.07, 6.45) is 1.38. The van der Waals surface area contributed by atoms with E-state index in [2.05, 4.69) is 0 Å². The van der Waals surface area contributed by atoms with Gasteiger partial charge in [0, 0.05) is 18.0 Å². The Morgan fingerprint density at radius 3 is 3.06 bits per heavy atom. The average Bonchev–Trinajstić information content (AvgIpc) is 2.73. The van der Waals surface area contributed by atoms with Crippen LogP contribution in [0.5, 0.6) is 0 Å². The number of nitrogens with two attached hydrogens (primary N) is 1. The Morgan fingerprint density at radius 1 is 1.50 bits per heavy atom. The van der Waals surface area contributed by atoms with E-state index < -0.39 is 10.0 Å². The highest BCUT2D eigenvalue weighted by Gasteiger charge is 2.26. The quantitative estimate of drug-likeness (QED) is 0.870. The van der Waals surface area contributed by atoms with Crippen molar-refractivity contribution in [2.45, 2.75) is 19.4 Å². The van der Waals surface area contributed by atoms with Crippen molar-refractivity contribution in [1.82, 2.24) is 4.31 Å². The molecule has 2 N–H and O–H groups in total. The minimum atomic E-state index is -3.11. The summed E-state index contributed by atoms with van der Waals surface area (Å²) in [5.74, 6) is 0.170. The molecule has 1 aromatic heterocycles. The van der Waals surface area contributed by atoms with Gasteiger partial charge in [0.1, 0.15) is 0 Å². The van der Waals surface area contributed by atoms with Crippen molar-refractivity contribution < 1.29 is 8.42 Å². The summed E-state index contributed by atoms with van der Waals surface area (Å²) >= 11 is 1.71. The van der Waals surface area contributed by atoms with Gasteiger partial charge in [-0.2, -0.15) is 4.31 Å². The maximum atomic E-state index is 11.9. The molecule has 0 saturated carbocycles. The number of fused-ring (bicyclic) bond motifs is 1. The Bertz CT molecular complexity index is 453. The Kier molecular flexibility index (Phi) is 3.63. The second-order valence-corrected chi connectivity index (χ2v) is 7.00. The van der Waals surface area contributed by atoms with Gasteiger partial charge in [-0.05, 0) is 36.4 Å². The predicted molar refractivity (Wildman–Crippen MR) is 65.9 cm³/mol. The number of nitrogens with zero attached hydrogens (tertiary/aromatic N) is 1. The molecule has 1 aromatic rings. The van der Waals surface area contributed by atoms with Crippen LogP contribution in [0.15, 0.2) is 11.4 Å². The van der Waals surface area contributed by atoms with E-state index in [4.69, 9.17) is 5.73 Å². The number of hydrogen-bond acceptors (Lipinski definition) is 4. The molecule has 16 heavy (non-hydrogen) atoms. The third-order valence-corrected chi connectivity index (χ3v) is 5.70. The first-order valence-corrected chi connectivity index (χ1v) is 7.85. The lowest BCUT2D eigenvalue weighted by Gasteiger charge is -2.26. The minimum absolute atomic E-state index is 0.170. The normalized spacial score (nSPS) is 17.3. The lowest BCUT2D eigenvalue weighted by atomic mass is 10.1. The lowest BCUT2D eigenvalue weighted by molar-refractivity contribution is 0.393. The third kappa shape index (κ3) is 2.45. The summed E-state index contributed by atoms with van der Waals surface area (Å²) in [5.41, 5.74) is 6.50. The maximum absolute atomic E-state index is 11.9. The van der Waals surface area contributed by atoms with Gasteiger partial charge in [0.2, 0.25) is 10.0 Å². The highest BCUT2D eigenvalue weighted by atomic mass is 32.2. The zero-order valence-electron chi connectivity index (χ0n) is 9.05. The van der Waals surface area contributed by atoms with E-state index in [0.717, 1.165) is 12.0 Å². The molecule has 0 unspecified atom stereocenters. The van der Waals surface area contributed by atoms with Crippen LogP contribution in [-0.2, 0) is 23.0 Å². The van der Waals surface area contributed by atoms with Gasteiger partial charge in [0.25, 0.3) is 0 Å². The van der Waals surface area contributed by atoms with Gasteiger partial charge < -0.3 is 5.73 Å². The fraction of sp³-hybridized carbons (Fsp3) is 0.600. The molecular formula is C10H16N2O2S2. The molecule has 4 nitrogen and oxygen atoms in total. The molecular weight excluding hydrogens is 244 g/mol. The summed E-state index contributed by atoms with van der Waals surface area (Å²) in [4.78, 5) is 1.32. The van der Waals surface area contributed by atoms with E-state index in [1.54, 1.807) is 15.6 Å². The minimum Gasteiger partial charge on any atom is -0.330 e. The summed E-state index contributed by atoms with van der Waals surface area (Å²) < 4.78 is 25.5.